The predicted octanol–water partition coefficient (Wildman–Crippen LogP) is 2.35. The van der Waals surface area contributed by atoms with E-state index >= 15 is 0 Å². The van der Waals surface area contributed by atoms with E-state index in [4.69, 9.17) is 0 Å². The van der Waals surface area contributed by atoms with Gasteiger partial charge >= 0.3 is 0 Å². The molecule has 0 fully saturated rings. The van der Waals surface area contributed by atoms with Gasteiger partial charge in [-0.1, -0.05) is 6.07 Å². The monoisotopic (exact) mass is 208 g/mol. The SMILES string of the molecule is Cc1cccnc1NC(C)(C)C(C)(C)O. The quantitative estimate of drug-likeness (QED) is 0.801. The fourth-order valence-corrected chi connectivity index (χ4v) is 1.07. The summed E-state index contributed by atoms with van der Waals surface area (Å²) in [5.41, 5.74) is -0.155. The van der Waals surface area contributed by atoms with Gasteiger partial charge in [0.1, 0.15) is 5.82 Å². The van der Waals surface area contributed by atoms with Crippen LogP contribution in [0.4, 0.5) is 5.82 Å². The zero-order valence-corrected chi connectivity index (χ0v) is 10.1. The molecule has 0 saturated heterocycles. The summed E-state index contributed by atoms with van der Waals surface area (Å²) in [7, 11) is 0. The second-order valence-corrected chi connectivity index (χ2v) is 4.98. The number of hydrogen-bond donors (Lipinski definition) is 2. The van der Waals surface area contributed by atoms with Crippen LogP contribution in [0.3, 0.4) is 0 Å². The maximum Gasteiger partial charge on any atom is 0.129 e. The molecule has 0 aromatic carbocycles. The first-order valence-corrected chi connectivity index (χ1v) is 5.16. The van der Waals surface area contributed by atoms with E-state index in [-0.39, 0.29) is 0 Å². The van der Waals surface area contributed by atoms with Crippen molar-refractivity contribution in [3.63, 3.8) is 0 Å². The molecule has 0 aliphatic rings. The van der Waals surface area contributed by atoms with Gasteiger partial charge in [0.2, 0.25) is 0 Å². The molecule has 84 valence electrons. The summed E-state index contributed by atoms with van der Waals surface area (Å²) in [6, 6.07) is 3.90. The molecule has 0 radical (unpaired) electrons. The van der Waals surface area contributed by atoms with Crippen LogP contribution in [0.2, 0.25) is 0 Å². The number of aliphatic hydroxyl groups is 1. The van der Waals surface area contributed by atoms with E-state index in [1.54, 1.807) is 20.0 Å². The van der Waals surface area contributed by atoms with Crippen molar-refractivity contribution in [3.8, 4) is 0 Å². The van der Waals surface area contributed by atoms with Gasteiger partial charge in [0.15, 0.2) is 0 Å². The molecular formula is C12H20N2O. The van der Waals surface area contributed by atoms with Crippen LogP contribution in [0.25, 0.3) is 0 Å². The zero-order chi connectivity index (χ0) is 11.7. The van der Waals surface area contributed by atoms with Crippen LogP contribution in [0.5, 0.6) is 0 Å². The third-order valence-corrected chi connectivity index (χ3v) is 2.97. The maximum absolute atomic E-state index is 10.0. The second-order valence-electron chi connectivity index (χ2n) is 4.98. The highest BCUT2D eigenvalue weighted by atomic mass is 16.3. The molecule has 0 spiro atoms. The first-order valence-electron chi connectivity index (χ1n) is 5.16. The molecule has 0 atom stereocenters. The lowest BCUT2D eigenvalue weighted by Crippen LogP contribution is -2.51. The summed E-state index contributed by atoms with van der Waals surface area (Å²) in [6.07, 6.45) is 1.75. The number of rotatable bonds is 3. The summed E-state index contributed by atoms with van der Waals surface area (Å²) in [6.45, 7) is 9.49. The molecule has 0 amide bonds. The molecule has 0 aliphatic heterocycles. The van der Waals surface area contributed by atoms with Crippen molar-refractivity contribution in [1.29, 1.82) is 0 Å². The molecule has 0 unspecified atom stereocenters. The first-order chi connectivity index (χ1) is 6.74. The molecule has 0 aliphatic carbocycles. The summed E-state index contributed by atoms with van der Waals surface area (Å²) < 4.78 is 0. The average Bonchev–Trinajstić information content (AvgIpc) is 2.06. The molecule has 1 aromatic heterocycles. The van der Waals surface area contributed by atoms with E-state index in [0.29, 0.717) is 0 Å². The Bertz CT molecular complexity index is 340. The number of hydrogen-bond acceptors (Lipinski definition) is 3. The molecule has 2 N–H and O–H groups in total. The molecule has 1 rings (SSSR count). The highest BCUT2D eigenvalue weighted by molar-refractivity contribution is 5.45. The van der Waals surface area contributed by atoms with Crippen molar-refractivity contribution in [1.82, 2.24) is 4.98 Å². The minimum absolute atomic E-state index is 0.424. The fourth-order valence-electron chi connectivity index (χ4n) is 1.07. The summed E-state index contributed by atoms with van der Waals surface area (Å²) in [5, 5.41) is 13.3. The fraction of sp³-hybridized carbons (Fsp3) is 0.583. The lowest BCUT2D eigenvalue weighted by Gasteiger charge is -2.38. The Morgan fingerprint density at radius 2 is 1.87 bits per heavy atom. The van der Waals surface area contributed by atoms with E-state index in [1.807, 2.05) is 32.9 Å². The van der Waals surface area contributed by atoms with Gasteiger partial charge in [-0.15, -0.1) is 0 Å². The molecular weight excluding hydrogens is 188 g/mol. The highest BCUT2D eigenvalue weighted by Gasteiger charge is 2.35. The normalized spacial score (nSPS) is 12.7. The van der Waals surface area contributed by atoms with Crippen LogP contribution < -0.4 is 5.32 Å². The van der Waals surface area contributed by atoms with Crippen molar-refractivity contribution >= 4 is 5.82 Å². The number of aromatic nitrogens is 1. The van der Waals surface area contributed by atoms with Crippen molar-refractivity contribution in [2.45, 2.75) is 45.8 Å². The van der Waals surface area contributed by atoms with Crippen LogP contribution in [-0.2, 0) is 0 Å². The molecule has 0 bridgehead atoms. The number of nitrogens with one attached hydrogen (secondary N) is 1. The topological polar surface area (TPSA) is 45.2 Å². The standard InChI is InChI=1S/C12H20N2O/c1-9-7-6-8-13-10(9)14-11(2,3)12(4,5)15/h6-8,15H,1-5H3,(H,13,14). The lowest BCUT2D eigenvalue weighted by atomic mass is 9.86. The Balaban J connectivity index is 2.92. The summed E-state index contributed by atoms with van der Waals surface area (Å²) in [5.74, 6) is 0.824. The third kappa shape index (κ3) is 2.69. The molecule has 15 heavy (non-hydrogen) atoms. The van der Waals surface area contributed by atoms with Gasteiger partial charge in [0.25, 0.3) is 0 Å². The maximum atomic E-state index is 10.0. The van der Waals surface area contributed by atoms with Gasteiger partial charge in [0, 0.05) is 6.20 Å². The number of pyridine rings is 1. The molecule has 0 saturated carbocycles. The first kappa shape index (κ1) is 12.0. The summed E-state index contributed by atoms with van der Waals surface area (Å²) in [4.78, 5) is 4.25. The Morgan fingerprint density at radius 1 is 1.27 bits per heavy atom. The third-order valence-electron chi connectivity index (χ3n) is 2.97. The zero-order valence-electron chi connectivity index (χ0n) is 10.1. The highest BCUT2D eigenvalue weighted by Crippen LogP contribution is 2.26. The van der Waals surface area contributed by atoms with E-state index in [2.05, 4.69) is 10.3 Å². The smallest absolute Gasteiger partial charge is 0.129 e. The Kier molecular flexibility index (Phi) is 3.05. The van der Waals surface area contributed by atoms with Crippen molar-refractivity contribution < 1.29 is 5.11 Å². The van der Waals surface area contributed by atoms with E-state index in [1.165, 1.54) is 0 Å². The Labute approximate surface area is 91.5 Å². The number of nitrogens with zero attached hydrogens (tertiary/aromatic N) is 1. The molecule has 1 aromatic rings. The molecule has 3 nitrogen and oxygen atoms in total. The van der Waals surface area contributed by atoms with Gasteiger partial charge < -0.3 is 10.4 Å². The van der Waals surface area contributed by atoms with Crippen LogP contribution in [0.15, 0.2) is 18.3 Å². The number of aryl methyl sites for hydroxylation is 1. The van der Waals surface area contributed by atoms with Crippen LogP contribution in [0.1, 0.15) is 33.3 Å². The van der Waals surface area contributed by atoms with Gasteiger partial charge in [-0.2, -0.15) is 0 Å². The van der Waals surface area contributed by atoms with Crippen molar-refractivity contribution in [2.75, 3.05) is 5.32 Å². The summed E-state index contributed by atoms with van der Waals surface area (Å²) >= 11 is 0. The van der Waals surface area contributed by atoms with Gasteiger partial charge in [-0.3, -0.25) is 0 Å². The van der Waals surface area contributed by atoms with E-state index < -0.39 is 11.1 Å². The second kappa shape index (κ2) is 3.81. The van der Waals surface area contributed by atoms with Gasteiger partial charge in [-0.05, 0) is 46.2 Å². The van der Waals surface area contributed by atoms with E-state index in [0.717, 1.165) is 11.4 Å². The lowest BCUT2D eigenvalue weighted by molar-refractivity contribution is 0.0238. The van der Waals surface area contributed by atoms with E-state index in [9.17, 15) is 5.11 Å². The van der Waals surface area contributed by atoms with Crippen molar-refractivity contribution in [3.05, 3.63) is 23.9 Å². The Hall–Kier alpha value is -1.09. The van der Waals surface area contributed by atoms with Crippen LogP contribution in [0, 0.1) is 6.92 Å². The average molecular weight is 208 g/mol. The van der Waals surface area contributed by atoms with Crippen LogP contribution >= 0.6 is 0 Å². The van der Waals surface area contributed by atoms with Crippen LogP contribution in [-0.4, -0.2) is 21.2 Å². The van der Waals surface area contributed by atoms with Gasteiger partial charge in [0.05, 0.1) is 11.1 Å². The molecule has 1 heterocycles. The predicted molar refractivity (Wildman–Crippen MR) is 63.0 cm³/mol. The van der Waals surface area contributed by atoms with Crippen molar-refractivity contribution in [2.24, 2.45) is 0 Å². The largest absolute Gasteiger partial charge is 0.388 e. The minimum atomic E-state index is -0.809. The van der Waals surface area contributed by atoms with Gasteiger partial charge in [-0.25, -0.2) is 4.98 Å². The number of anilines is 1. The minimum Gasteiger partial charge on any atom is -0.388 e. The Morgan fingerprint density at radius 3 is 2.33 bits per heavy atom. The molecule has 3 heteroatoms.